The van der Waals surface area contributed by atoms with Gasteiger partial charge >= 0.3 is 5.97 Å². The van der Waals surface area contributed by atoms with Crippen LogP contribution in [0.3, 0.4) is 0 Å². The van der Waals surface area contributed by atoms with E-state index < -0.39 is 6.04 Å². The van der Waals surface area contributed by atoms with Gasteiger partial charge < -0.3 is 24.0 Å². The Morgan fingerprint density at radius 1 is 0.967 bits per heavy atom. The molecule has 2 amide bonds. The monoisotopic (exact) mass is 418 g/mol. The van der Waals surface area contributed by atoms with Crippen LogP contribution < -0.4 is 9.47 Å². The molecule has 0 bridgehead atoms. The summed E-state index contributed by atoms with van der Waals surface area (Å²) in [6, 6.07) is 4.55. The lowest BCUT2D eigenvalue weighted by Gasteiger charge is -2.34. The smallest absolute Gasteiger partial charge is 0.328 e. The molecule has 2 aliphatic heterocycles. The van der Waals surface area contributed by atoms with Crippen LogP contribution in [0.5, 0.6) is 11.5 Å². The predicted molar refractivity (Wildman–Crippen MR) is 110 cm³/mol. The average Bonchev–Trinajstić information content (AvgIpc) is 2.78. The molecule has 164 valence electrons. The topological polar surface area (TPSA) is 85.4 Å². The number of ether oxygens (including phenoxy) is 3. The van der Waals surface area contributed by atoms with Crippen molar-refractivity contribution in [3.05, 3.63) is 23.8 Å². The molecule has 0 aliphatic carbocycles. The number of amides is 2. The van der Waals surface area contributed by atoms with Crippen molar-refractivity contribution < 1.29 is 28.6 Å². The average molecular weight is 418 g/mol. The van der Waals surface area contributed by atoms with Crippen molar-refractivity contribution in [1.82, 2.24) is 9.80 Å². The number of hydrogen-bond donors (Lipinski definition) is 0. The number of benzene rings is 1. The van der Waals surface area contributed by atoms with Crippen LogP contribution in [0.15, 0.2) is 18.2 Å². The first-order valence-corrected chi connectivity index (χ1v) is 10.4. The standard InChI is InChI=1S/C22H30N2O6/c1-15(25)23-12-9-17(10-13-23)30-19-8-7-16(14-20(19)28-2)21(26)24-11-5-4-6-18(24)22(27)29-3/h7-8,14,17-18H,4-6,9-13H2,1-3H3/t18-/m1/s1. The fourth-order valence-electron chi connectivity index (χ4n) is 4.09. The molecule has 0 aromatic heterocycles. The Morgan fingerprint density at radius 2 is 1.70 bits per heavy atom. The minimum absolute atomic E-state index is 0.0122. The first-order valence-electron chi connectivity index (χ1n) is 10.4. The summed E-state index contributed by atoms with van der Waals surface area (Å²) in [6.45, 7) is 3.44. The Kier molecular flexibility index (Phi) is 7.18. The van der Waals surface area contributed by atoms with Gasteiger partial charge in [-0.3, -0.25) is 9.59 Å². The van der Waals surface area contributed by atoms with Gasteiger partial charge in [0, 0.05) is 45.0 Å². The maximum Gasteiger partial charge on any atom is 0.328 e. The van der Waals surface area contributed by atoms with Crippen molar-refractivity contribution in [2.24, 2.45) is 0 Å². The van der Waals surface area contributed by atoms with Gasteiger partial charge in [0.1, 0.15) is 12.1 Å². The van der Waals surface area contributed by atoms with E-state index in [1.54, 1.807) is 30.0 Å². The van der Waals surface area contributed by atoms with Crippen LogP contribution >= 0.6 is 0 Å². The fraction of sp³-hybridized carbons (Fsp3) is 0.591. The number of esters is 1. The molecule has 2 fully saturated rings. The third-order valence-electron chi connectivity index (χ3n) is 5.83. The Morgan fingerprint density at radius 3 is 2.33 bits per heavy atom. The third kappa shape index (κ3) is 4.86. The zero-order chi connectivity index (χ0) is 21.7. The van der Waals surface area contributed by atoms with Crippen LogP contribution in [0, 0.1) is 0 Å². The number of carbonyl (C=O) groups is 3. The summed E-state index contributed by atoms with van der Waals surface area (Å²) in [4.78, 5) is 40.1. The van der Waals surface area contributed by atoms with E-state index in [1.165, 1.54) is 14.2 Å². The predicted octanol–water partition coefficient (Wildman–Crippen LogP) is 2.25. The molecule has 1 aromatic rings. The highest BCUT2D eigenvalue weighted by atomic mass is 16.5. The lowest BCUT2D eigenvalue weighted by molar-refractivity contribution is -0.147. The summed E-state index contributed by atoms with van der Waals surface area (Å²) < 4.78 is 16.4. The number of carbonyl (C=O) groups excluding carboxylic acids is 3. The summed E-state index contributed by atoms with van der Waals surface area (Å²) in [5.41, 5.74) is 0.446. The van der Waals surface area contributed by atoms with Gasteiger partial charge in [-0.1, -0.05) is 0 Å². The highest BCUT2D eigenvalue weighted by molar-refractivity contribution is 5.97. The van der Waals surface area contributed by atoms with Crippen molar-refractivity contribution in [2.75, 3.05) is 33.9 Å². The molecule has 3 rings (SSSR count). The van der Waals surface area contributed by atoms with Gasteiger partial charge in [0.25, 0.3) is 5.91 Å². The summed E-state index contributed by atoms with van der Waals surface area (Å²) >= 11 is 0. The van der Waals surface area contributed by atoms with E-state index >= 15 is 0 Å². The Hall–Kier alpha value is -2.77. The van der Waals surface area contributed by atoms with Crippen molar-refractivity contribution in [3.8, 4) is 11.5 Å². The number of rotatable bonds is 5. The summed E-state index contributed by atoms with van der Waals surface area (Å²) in [6.07, 6.45) is 3.84. The summed E-state index contributed by atoms with van der Waals surface area (Å²) in [5.74, 6) is 0.522. The van der Waals surface area contributed by atoms with Gasteiger partial charge in [-0.15, -0.1) is 0 Å². The molecule has 30 heavy (non-hydrogen) atoms. The molecule has 0 N–H and O–H groups in total. The maximum atomic E-state index is 13.1. The summed E-state index contributed by atoms with van der Waals surface area (Å²) in [7, 11) is 2.88. The molecule has 2 heterocycles. The van der Waals surface area contributed by atoms with E-state index in [1.807, 2.05) is 4.90 Å². The van der Waals surface area contributed by atoms with Crippen molar-refractivity contribution in [2.45, 2.75) is 51.2 Å². The number of nitrogens with zero attached hydrogens (tertiary/aromatic N) is 2. The number of likely N-dealkylation sites (tertiary alicyclic amines) is 2. The maximum absolute atomic E-state index is 13.1. The molecule has 1 atom stereocenters. The van der Waals surface area contributed by atoms with Crippen LogP contribution in [0.4, 0.5) is 0 Å². The van der Waals surface area contributed by atoms with E-state index in [0.29, 0.717) is 43.1 Å². The molecule has 2 saturated heterocycles. The first kappa shape index (κ1) is 21.9. The molecule has 2 aliphatic rings. The molecule has 0 radical (unpaired) electrons. The highest BCUT2D eigenvalue weighted by Gasteiger charge is 2.33. The molecule has 0 spiro atoms. The van der Waals surface area contributed by atoms with Crippen LogP contribution in [-0.2, 0) is 14.3 Å². The van der Waals surface area contributed by atoms with Crippen LogP contribution in [-0.4, -0.2) is 73.6 Å². The molecule has 1 aromatic carbocycles. The second-order valence-electron chi connectivity index (χ2n) is 7.72. The number of hydrogen-bond acceptors (Lipinski definition) is 6. The van der Waals surface area contributed by atoms with E-state index in [-0.39, 0.29) is 23.9 Å². The molecular formula is C22H30N2O6. The van der Waals surface area contributed by atoms with Gasteiger partial charge in [0.15, 0.2) is 11.5 Å². The lowest BCUT2D eigenvalue weighted by Crippen LogP contribution is -2.48. The van der Waals surface area contributed by atoms with Gasteiger partial charge in [-0.05, 0) is 37.5 Å². The largest absolute Gasteiger partial charge is 0.493 e. The third-order valence-corrected chi connectivity index (χ3v) is 5.83. The highest BCUT2D eigenvalue weighted by Crippen LogP contribution is 2.32. The SMILES string of the molecule is COC(=O)[C@H]1CCCCN1C(=O)c1ccc(OC2CCN(C(C)=O)CC2)c(OC)c1. The van der Waals surface area contributed by atoms with E-state index in [4.69, 9.17) is 14.2 Å². The Bertz CT molecular complexity index is 788. The van der Waals surface area contributed by atoms with Crippen molar-refractivity contribution in [3.63, 3.8) is 0 Å². The van der Waals surface area contributed by atoms with Gasteiger partial charge in [0.05, 0.1) is 14.2 Å². The normalized spacial score (nSPS) is 19.9. The van der Waals surface area contributed by atoms with E-state index in [9.17, 15) is 14.4 Å². The Balaban J connectivity index is 1.71. The van der Waals surface area contributed by atoms with Crippen molar-refractivity contribution >= 4 is 17.8 Å². The molecule has 0 unspecified atom stereocenters. The number of piperidine rings is 2. The molecule has 8 heteroatoms. The quantitative estimate of drug-likeness (QED) is 0.682. The second-order valence-corrected chi connectivity index (χ2v) is 7.72. The first-order chi connectivity index (χ1) is 14.4. The van der Waals surface area contributed by atoms with Crippen LogP contribution in [0.25, 0.3) is 0 Å². The van der Waals surface area contributed by atoms with Crippen molar-refractivity contribution in [1.29, 1.82) is 0 Å². The molecule has 8 nitrogen and oxygen atoms in total. The van der Waals surface area contributed by atoms with Crippen LogP contribution in [0.1, 0.15) is 49.4 Å². The minimum Gasteiger partial charge on any atom is -0.493 e. The molecule has 0 saturated carbocycles. The second kappa shape index (κ2) is 9.82. The number of methoxy groups -OCH3 is 2. The fourth-order valence-corrected chi connectivity index (χ4v) is 4.09. The lowest BCUT2D eigenvalue weighted by atomic mass is 10.0. The van der Waals surface area contributed by atoms with E-state index in [2.05, 4.69) is 0 Å². The van der Waals surface area contributed by atoms with Gasteiger partial charge in [-0.25, -0.2) is 4.79 Å². The van der Waals surface area contributed by atoms with E-state index in [0.717, 1.165) is 25.7 Å². The zero-order valence-electron chi connectivity index (χ0n) is 17.9. The van der Waals surface area contributed by atoms with Gasteiger partial charge in [-0.2, -0.15) is 0 Å². The Labute approximate surface area is 177 Å². The molecular weight excluding hydrogens is 388 g/mol. The minimum atomic E-state index is -0.551. The van der Waals surface area contributed by atoms with Gasteiger partial charge in [0.2, 0.25) is 5.91 Å². The summed E-state index contributed by atoms with van der Waals surface area (Å²) in [5, 5.41) is 0. The van der Waals surface area contributed by atoms with Crippen LogP contribution in [0.2, 0.25) is 0 Å². The zero-order valence-corrected chi connectivity index (χ0v) is 17.9.